The zero-order valence-corrected chi connectivity index (χ0v) is 17.4. The van der Waals surface area contributed by atoms with E-state index in [1.807, 2.05) is 0 Å². The number of primary amides is 1. The fourth-order valence-electron chi connectivity index (χ4n) is 2.55. The molecule has 0 saturated heterocycles. The van der Waals surface area contributed by atoms with E-state index < -0.39 is 33.8 Å². The number of nitrogens with one attached hydrogen (secondary N) is 2. The van der Waals surface area contributed by atoms with Crippen molar-refractivity contribution >= 4 is 27.7 Å². The van der Waals surface area contributed by atoms with Crippen LogP contribution in [0.25, 0.3) is 0 Å². The minimum atomic E-state index is -3.71. The Kier molecular flexibility index (Phi) is 8.58. The predicted octanol–water partition coefficient (Wildman–Crippen LogP) is 0.0730. The molecule has 156 valence electrons. The number of benzene rings is 1. The summed E-state index contributed by atoms with van der Waals surface area (Å²) in [6, 6.07) is 4.74. The highest BCUT2D eigenvalue weighted by molar-refractivity contribution is 7.89. The van der Waals surface area contributed by atoms with E-state index in [-0.39, 0.29) is 22.9 Å². The molecule has 0 aromatic heterocycles. The fraction of sp³-hybridized carbons (Fsp3) is 0.500. The van der Waals surface area contributed by atoms with E-state index in [1.54, 1.807) is 27.7 Å². The number of nitrogens with two attached hydrogens (primary N) is 1. The summed E-state index contributed by atoms with van der Waals surface area (Å²) >= 11 is 0. The van der Waals surface area contributed by atoms with Crippen molar-refractivity contribution < 1.29 is 22.8 Å². The monoisotopic (exact) mass is 412 g/mol. The van der Waals surface area contributed by atoms with Crippen molar-refractivity contribution in [3.63, 3.8) is 0 Å². The molecule has 0 spiro atoms. The largest absolute Gasteiger partial charge is 0.368 e. The highest BCUT2D eigenvalue weighted by Crippen LogP contribution is 2.17. The number of hydrogen-bond donors (Lipinski definition) is 3. The van der Waals surface area contributed by atoms with Crippen molar-refractivity contribution in [2.45, 2.75) is 38.6 Å². The number of carbonyl (C=O) groups is 3. The first-order valence-corrected chi connectivity index (χ1v) is 10.5. The molecule has 10 heteroatoms. The van der Waals surface area contributed by atoms with Gasteiger partial charge in [0.05, 0.1) is 11.4 Å². The van der Waals surface area contributed by atoms with E-state index in [1.165, 1.54) is 28.6 Å². The molecule has 0 heterocycles. The van der Waals surface area contributed by atoms with Gasteiger partial charge in [0.2, 0.25) is 21.8 Å². The molecule has 0 saturated carbocycles. The summed E-state index contributed by atoms with van der Waals surface area (Å²) < 4.78 is 26.6. The van der Waals surface area contributed by atoms with Gasteiger partial charge < -0.3 is 16.4 Å². The van der Waals surface area contributed by atoms with Crippen LogP contribution in [0.1, 0.15) is 38.1 Å². The van der Waals surface area contributed by atoms with Crippen LogP contribution in [0.3, 0.4) is 0 Å². The normalized spacial score (nSPS) is 12.6. The van der Waals surface area contributed by atoms with Gasteiger partial charge in [-0.1, -0.05) is 33.8 Å². The van der Waals surface area contributed by atoms with Gasteiger partial charge >= 0.3 is 0 Å². The van der Waals surface area contributed by atoms with Gasteiger partial charge in [-0.05, 0) is 24.1 Å². The molecule has 1 unspecified atom stereocenters. The summed E-state index contributed by atoms with van der Waals surface area (Å²) in [6.45, 7) is 7.21. The van der Waals surface area contributed by atoms with Crippen molar-refractivity contribution in [2.24, 2.45) is 11.7 Å². The van der Waals surface area contributed by atoms with Crippen molar-refractivity contribution in [2.75, 3.05) is 19.6 Å². The third-order valence-electron chi connectivity index (χ3n) is 4.11. The maximum Gasteiger partial charge on any atom is 0.251 e. The van der Waals surface area contributed by atoms with E-state index >= 15 is 0 Å². The van der Waals surface area contributed by atoms with Crippen LogP contribution < -0.4 is 16.4 Å². The zero-order chi connectivity index (χ0) is 21.5. The molecular formula is C18H28N4O5S. The lowest BCUT2D eigenvalue weighted by atomic mass is 10.0. The molecular weight excluding hydrogens is 384 g/mol. The Labute approximate surface area is 165 Å². The number of sulfonamides is 1. The number of rotatable bonds is 10. The molecule has 0 bridgehead atoms. The van der Waals surface area contributed by atoms with Crippen LogP contribution in [0.4, 0.5) is 0 Å². The topological polar surface area (TPSA) is 139 Å². The van der Waals surface area contributed by atoms with Crippen molar-refractivity contribution in [3.05, 3.63) is 29.8 Å². The van der Waals surface area contributed by atoms with Crippen LogP contribution in [0.15, 0.2) is 29.2 Å². The molecule has 9 nitrogen and oxygen atoms in total. The highest BCUT2D eigenvalue weighted by Gasteiger charge is 2.26. The lowest BCUT2D eigenvalue weighted by molar-refractivity contribution is -0.126. The van der Waals surface area contributed by atoms with E-state index in [0.717, 1.165) is 0 Å². The zero-order valence-electron chi connectivity index (χ0n) is 16.6. The molecule has 28 heavy (non-hydrogen) atoms. The highest BCUT2D eigenvalue weighted by atomic mass is 32.2. The molecule has 1 rings (SSSR count). The first-order valence-electron chi connectivity index (χ1n) is 9.01. The van der Waals surface area contributed by atoms with Crippen LogP contribution in [0.2, 0.25) is 0 Å². The Morgan fingerprint density at radius 1 is 1.14 bits per heavy atom. The second-order valence-electron chi connectivity index (χ2n) is 6.50. The average Bonchev–Trinajstić information content (AvgIpc) is 2.64. The van der Waals surface area contributed by atoms with Gasteiger partial charge in [0.1, 0.15) is 6.04 Å². The number of hydrogen-bond acceptors (Lipinski definition) is 5. The summed E-state index contributed by atoms with van der Waals surface area (Å²) in [5, 5.41) is 4.94. The number of amides is 3. The maximum atomic E-state index is 12.6. The Hall–Kier alpha value is -2.46. The molecule has 1 aromatic rings. The molecule has 0 aliphatic carbocycles. The first kappa shape index (κ1) is 23.6. The SMILES string of the molecule is CCN(CC)S(=O)(=O)c1cccc(C(=O)NC(C(=O)NCC(N)=O)C(C)C)c1. The van der Waals surface area contributed by atoms with Gasteiger partial charge in [-0.15, -0.1) is 0 Å². The van der Waals surface area contributed by atoms with Gasteiger partial charge in [0.25, 0.3) is 5.91 Å². The third-order valence-corrected chi connectivity index (χ3v) is 6.16. The average molecular weight is 413 g/mol. The van der Waals surface area contributed by atoms with Crippen LogP contribution in [-0.2, 0) is 19.6 Å². The Balaban J connectivity index is 3.06. The van der Waals surface area contributed by atoms with Crippen LogP contribution >= 0.6 is 0 Å². The summed E-state index contributed by atoms with van der Waals surface area (Å²) in [6.07, 6.45) is 0. The van der Waals surface area contributed by atoms with Crippen LogP contribution in [-0.4, -0.2) is 56.1 Å². The lowest BCUT2D eigenvalue weighted by Gasteiger charge is -2.22. The van der Waals surface area contributed by atoms with Crippen molar-refractivity contribution in [1.29, 1.82) is 0 Å². The second kappa shape index (κ2) is 10.2. The first-order chi connectivity index (χ1) is 13.0. The van der Waals surface area contributed by atoms with Gasteiger partial charge in [-0.3, -0.25) is 14.4 Å². The van der Waals surface area contributed by atoms with Crippen LogP contribution in [0, 0.1) is 5.92 Å². The van der Waals surface area contributed by atoms with E-state index in [9.17, 15) is 22.8 Å². The standard InChI is InChI=1S/C18H28N4O5S/c1-5-22(6-2)28(26,27)14-9-7-8-13(10-14)17(24)21-16(12(3)4)18(25)20-11-15(19)23/h7-10,12,16H,5-6,11H2,1-4H3,(H2,19,23)(H,20,25)(H,21,24). The molecule has 1 atom stereocenters. The Bertz CT molecular complexity index is 819. The van der Waals surface area contributed by atoms with E-state index in [2.05, 4.69) is 10.6 Å². The van der Waals surface area contributed by atoms with Crippen molar-refractivity contribution in [3.8, 4) is 0 Å². The second-order valence-corrected chi connectivity index (χ2v) is 8.43. The summed E-state index contributed by atoms with van der Waals surface area (Å²) in [5.74, 6) is -2.10. The Morgan fingerprint density at radius 3 is 2.25 bits per heavy atom. The minimum Gasteiger partial charge on any atom is -0.368 e. The van der Waals surface area contributed by atoms with Gasteiger partial charge in [0.15, 0.2) is 0 Å². The quantitative estimate of drug-likeness (QED) is 0.499. The number of carbonyl (C=O) groups excluding carboxylic acids is 3. The molecule has 4 N–H and O–H groups in total. The van der Waals surface area contributed by atoms with E-state index in [4.69, 9.17) is 5.73 Å². The third kappa shape index (κ3) is 6.03. The minimum absolute atomic E-state index is 0.00290. The summed E-state index contributed by atoms with van der Waals surface area (Å²) in [4.78, 5) is 35.7. The van der Waals surface area contributed by atoms with Gasteiger partial charge in [-0.2, -0.15) is 4.31 Å². The molecule has 1 aromatic carbocycles. The molecule has 0 aliphatic heterocycles. The predicted molar refractivity (Wildman–Crippen MR) is 105 cm³/mol. The smallest absolute Gasteiger partial charge is 0.251 e. The van der Waals surface area contributed by atoms with Crippen LogP contribution in [0.5, 0.6) is 0 Å². The van der Waals surface area contributed by atoms with Gasteiger partial charge in [0, 0.05) is 18.7 Å². The van der Waals surface area contributed by atoms with Crippen molar-refractivity contribution in [1.82, 2.24) is 14.9 Å². The molecule has 0 radical (unpaired) electrons. The summed E-state index contributed by atoms with van der Waals surface area (Å²) in [7, 11) is -3.71. The maximum absolute atomic E-state index is 12.6. The molecule has 3 amide bonds. The summed E-state index contributed by atoms with van der Waals surface area (Å²) in [5.41, 5.74) is 5.12. The fourth-order valence-corrected chi connectivity index (χ4v) is 4.06. The van der Waals surface area contributed by atoms with Gasteiger partial charge in [-0.25, -0.2) is 8.42 Å². The Morgan fingerprint density at radius 2 is 1.75 bits per heavy atom. The lowest BCUT2D eigenvalue weighted by Crippen LogP contribution is -2.51. The molecule has 0 aliphatic rings. The number of nitrogens with zero attached hydrogens (tertiary/aromatic N) is 1. The van der Waals surface area contributed by atoms with E-state index in [0.29, 0.717) is 13.1 Å². The molecule has 0 fully saturated rings.